The quantitative estimate of drug-likeness (QED) is 0.0195. The fourth-order valence-electron chi connectivity index (χ4n) is 9.58. The summed E-state index contributed by atoms with van der Waals surface area (Å²) in [5.74, 6) is -0.829. The molecule has 0 aromatic carbocycles. The predicted octanol–water partition coefficient (Wildman–Crippen LogP) is 19.4. The summed E-state index contributed by atoms with van der Waals surface area (Å²) in [5.41, 5.74) is 0. The number of likely N-dealkylation sites (N-methyl/N-ethyl adjacent to an activating group) is 1. The van der Waals surface area contributed by atoms with Crippen molar-refractivity contribution in [3.8, 4) is 0 Å². The molecule has 0 rings (SSSR count). The molecule has 73 heavy (non-hydrogen) atoms. The van der Waals surface area contributed by atoms with E-state index in [0.29, 0.717) is 17.4 Å². The number of esters is 2. The first-order valence-electron chi connectivity index (χ1n) is 31.9. The summed E-state index contributed by atoms with van der Waals surface area (Å²) in [6.07, 6.45) is 66.1. The SMILES string of the molecule is CCCC/C=C\CCCCCCCC(=O)OC(COC(=O)CCCCCCCCCCCCCCCCCCCCCCCCCCCCCCCCCCCCCCCC)COP(=O)([O-])OCC[N+](C)(C)C. The highest BCUT2D eigenvalue weighted by Gasteiger charge is 2.22. The van der Waals surface area contributed by atoms with Gasteiger partial charge in [0.05, 0.1) is 27.7 Å². The fraction of sp³-hybridized carbons (Fsp3) is 0.937. The van der Waals surface area contributed by atoms with E-state index < -0.39 is 26.5 Å². The molecule has 0 N–H and O–H groups in total. The van der Waals surface area contributed by atoms with Crippen molar-refractivity contribution in [1.82, 2.24) is 0 Å². The minimum absolute atomic E-state index is 0.0291. The summed E-state index contributed by atoms with van der Waals surface area (Å²) in [6, 6.07) is 0. The van der Waals surface area contributed by atoms with Crippen LogP contribution in [0.2, 0.25) is 0 Å². The normalized spacial score (nSPS) is 13.2. The summed E-state index contributed by atoms with van der Waals surface area (Å²) in [4.78, 5) is 37.7. The molecule has 0 aromatic rings. The molecule has 0 bridgehead atoms. The maximum Gasteiger partial charge on any atom is 0.306 e. The smallest absolute Gasteiger partial charge is 0.306 e. The van der Waals surface area contributed by atoms with E-state index in [9.17, 15) is 19.0 Å². The van der Waals surface area contributed by atoms with Crippen molar-refractivity contribution in [2.24, 2.45) is 0 Å². The van der Waals surface area contributed by atoms with E-state index in [1.54, 1.807) is 0 Å². The highest BCUT2D eigenvalue weighted by molar-refractivity contribution is 7.45. The van der Waals surface area contributed by atoms with Gasteiger partial charge < -0.3 is 27.9 Å². The van der Waals surface area contributed by atoms with Crippen LogP contribution in [0.3, 0.4) is 0 Å². The molecule has 0 saturated heterocycles. The van der Waals surface area contributed by atoms with Crippen LogP contribution < -0.4 is 4.89 Å². The second-order valence-electron chi connectivity index (χ2n) is 23.1. The number of carbonyl (C=O) groups is 2. The van der Waals surface area contributed by atoms with Crippen molar-refractivity contribution in [1.29, 1.82) is 0 Å². The largest absolute Gasteiger partial charge is 0.756 e. The Hall–Kier alpha value is -1.25. The summed E-state index contributed by atoms with van der Waals surface area (Å²) in [6.45, 7) is 4.23. The van der Waals surface area contributed by atoms with Gasteiger partial charge in [-0.05, 0) is 32.1 Å². The van der Waals surface area contributed by atoms with Crippen LogP contribution in [0.4, 0.5) is 0 Å². The Morgan fingerprint density at radius 3 is 1.05 bits per heavy atom. The Morgan fingerprint density at radius 1 is 0.411 bits per heavy atom. The van der Waals surface area contributed by atoms with Crippen LogP contribution in [0.25, 0.3) is 0 Å². The number of hydrogen-bond donors (Lipinski definition) is 0. The van der Waals surface area contributed by atoms with E-state index >= 15 is 0 Å². The van der Waals surface area contributed by atoms with Gasteiger partial charge in [0.2, 0.25) is 0 Å². The zero-order valence-corrected chi connectivity index (χ0v) is 50.3. The predicted molar refractivity (Wildman–Crippen MR) is 310 cm³/mol. The zero-order valence-electron chi connectivity index (χ0n) is 49.4. The molecule has 0 saturated carbocycles. The lowest BCUT2D eigenvalue weighted by Gasteiger charge is -2.28. The van der Waals surface area contributed by atoms with Gasteiger partial charge in [-0.3, -0.25) is 14.2 Å². The molecular formula is C63H124NO8P. The van der Waals surface area contributed by atoms with Gasteiger partial charge in [-0.2, -0.15) is 0 Å². The minimum atomic E-state index is -4.63. The monoisotopic (exact) mass is 1050 g/mol. The standard InChI is InChI=1S/C63H124NO8P/c1-6-8-10-12-14-16-18-19-20-21-22-23-24-25-26-27-28-29-30-31-32-33-34-35-36-37-38-39-40-41-42-43-44-46-47-49-51-53-55-62(65)69-59-61(60-71-73(67,68)70-58-57-64(3,4)5)72-63(66)56-54-52-50-48-45-17-15-13-11-9-7-2/h13,15,61H,6-12,14,16-60H2,1-5H3/b15-13-. The molecule has 9 nitrogen and oxygen atoms in total. The third kappa shape index (κ3) is 59.8. The van der Waals surface area contributed by atoms with Crippen LogP contribution in [-0.4, -0.2) is 70.0 Å². The van der Waals surface area contributed by atoms with Crippen LogP contribution in [0, 0.1) is 0 Å². The molecule has 0 aliphatic heterocycles. The molecule has 0 fully saturated rings. The van der Waals surface area contributed by atoms with Gasteiger partial charge in [-0.15, -0.1) is 0 Å². The van der Waals surface area contributed by atoms with Crippen molar-refractivity contribution < 1.29 is 42.1 Å². The number of phosphoric acid groups is 1. The number of hydrogen-bond acceptors (Lipinski definition) is 8. The molecule has 0 amide bonds. The maximum absolute atomic E-state index is 12.7. The Balaban J connectivity index is 3.78. The lowest BCUT2D eigenvalue weighted by Crippen LogP contribution is -2.37. The molecule has 2 atom stereocenters. The summed E-state index contributed by atoms with van der Waals surface area (Å²) < 4.78 is 34.1. The molecule has 10 heteroatoms. The Morgan fingerprint density at radius 2 is 0.712 bits per heavy atom. The first-order chi connectivity index (χ1) is 35.5. The van der Waals surface area contributed by atoms with Gasteiger partial charge in [-0.1, -0.05) is 296 Å². The second kappa shape index (κ2) is 55.5. The maximum atomic E-state index is 12.7. The van der Waals surface area contributed by atoms with Crippen molar-refractivity contribution in [2.75, 3.05) is 47.5 Å². The number of unbranched alkanes of at least 4 members (excludes halogenated alkanes) is 44. The van der Waals surface area contributed by atoms with E-state index in [0.717, 1.165) is 57.8 Å². The van der Waals surface area contributed by atoms with Gasteiger partial charge in [0.15, 0.2) is 6.10 Å². The average Bonchev–Trinajstić information content (AvgIpc) is 3.35. The molecule has 0 aromatic heterocycles. The molecule has 0 heterocycles. The highest BCUT2D eigenvalue weighted by atomic mass is 31.2. The van der Waals surface area contributed by atoms with E-state index in [-0.39, 0.29) is 32.0 Å². The average molecular weight is 1050 g/mol. The number of nitrogens with zero attached hydrogens (tertiary/aromatic N) is 1. The van der Waals surface area contributed by atoms with Crippen molar-refractivity contribution in [3.63, 3.8) is 0 Å². The lowest BCUT2D eigenvalue weighted by atomic mass is 10.0. The first-order valence-corrected chi connectivity index (χ1v) is 33.4. The number of allylic oxidation sites excluding steroid dienone is 2. The third-order valence-corrected chi connectivity index (χ3v) is 15.5. The van der Waals surface area contributed by atoms with Gasteiger partial charge in [0.25, 0.3) is 7.82 Å². The van der Waals surface area contributed by atoms with Crippen LogP contribution in [-0.2, 0) is 32.7 Å². The van der Waals surface area contributed by atoms with Gasteiger partial charge in [0.1, 0.15) is 19.8 Å². The minimum Gasteiger partial charge on any atom is -0.756 e. The molecule has 0 radical (unpaired) electrons. The van der Waals surface area contributed by atoms with Crippen molar-refractivity contribution in [2.45, 2.75) is 335 Å². The number of ether oxygens (including phenoxy) is 2. The molecule has 0 aliphatic carbocycles. The number of rotatable bonds is 60. The highest BCUT2D eigenvalue weighted by Crippen LogP contribution is 2.38. The summed E-state index contributed by atoms with van der Waals surface area (Å²) >= 11 is 0. The molecule has 2 unspecified atom stereocenters. The fourth-order valence-corrected chi connectivity index (χ4v) is 10.3. The number of phosphoric ester groups is 1. The Kier molecular flexibility index (Phi) is 54.6. The van der Waals surface area contributed by atoms with E-state index in [1.807, 2.05) is 21.1 Å². The van der Waals surface area contributed by atoms with E-state index in [1.165, 1.54) is 238 Å². The molecule has 0 spiro atoms. The molecule has 434 valence electrons. The van der Waals surface area contributed by atoms with Gasteiger partial charge >= 0.3 is 11.9 Å². The van der Waals surface area contributed by atoms with Gasteiger partial charge in [-0.25, -0.2) is 0 Å². The van der Waals surface area contributed by atoms with Crippen LogP contribution in [0.1, 0.15) is 328 Å². The van der Waals surface area contributed by atoms with Crippen molar-refractivity contribution >= 4 is 19.8 Å². The Labute approximate surface area is 454 Å². The lowest BCUT2D eigenvalue weighted by molar-refractivity contribution is -0.870. The topological polar surface area (TPSA) is 111 Å². The van der Waals surface area contributed by atoms with E-state index in [4.69, 9.17) is 18.5 Å². The van der Waals surface area contributed by atoms with Crippen LogP contribution >= 0.6 is 7.82 Å². The third-order valence-electron chi connectivity index (χ3n) is 14.5. The zero-order chi connectivity index (χ0) is 53.5. The van der Waals surface area contributed by atoms with Crippen LogP contribution in [0.15, 0.2) is 12.2 Å². The van der Waals surface area contributed by atoms with E-state index in [2.05, 4.69) is 26.0 Å². The Bertz CT molecular complexity index is 1240. The van der Waals surface area contributed by atoms with Crippen LogP contribution in [0.5, 0.6) is 0 Å². The molecule has 0 aliphatic rings. The van der Waals surface area contributed by atoms with Crippen molar-refractivity contribution in [3.05, 3.63) is 12.2 Å². The number of quaternary nitrogens is 1. The first kappa shape index (κ1) is 71.8. The molecular weight excluding hydrogens is 930 g/mol. The summed E-state index contributed by atoms with van der Waals surface area (Å²) in [5, 5.41) is 0. The summed E-state index contributed by atoms with van der Waals surface area (Å²) in [7, 11) is 1.18. The second-order valence-corrected chi connectivity index (χ2v) is 24.5. The van der Waals surface area contributed by atoms with Gasteiger partial charge in [0, 0.05) is 12.8 Å². The number of carbonyl (C=O) groups excluding carboxylic acids is 2.